The summed E-state index contributed by atoms with van der Waals surface area (Å²) >= 11 is 7.23. The second-order valence-electron chi connectivity index (χ2n) is 6.04. The Labute approximate surface area is 167 Å². The van der Waals surface area contributed by atoms with Gasteiger partial charge in [-0.05, 0) is 34.7 Å². The van der Waals surface area contributed by atoms with Crippen molar-refractivity contribution in [2.24, 2.45) is 0 Å². The van der Waals surface area contributed by atoms with Crippen molar-refractivity contribution in [1.29, 1.82) is 0 Å². The summed E-state index contributed by atoms with van der Waals surface area (Å²) in [6, 6.07) is 19.8. The van der Waals surface area contributed by atoms with Crippen molar-refractivity contribution < 1.29 is 9.59 Å². The van der Waals surface area contributed by atoms with E-state index in [1.165, 1.54) is 11.3 Å². The predicted octanol–water partition coefficient (Wildman–Crippen LogP) is 4.06. The Kier molecular flexibility index (Phi) is 6.63. The van der Waals surface area contributed by atoms with Gasteiger partial charge in [-0.1, -0.05) is 60.1 Å². The summed E-state index contributed by atoms with van der Waals surface area (Å²) in [7, 11) is 0. The van der Waals surface area contributed by atoms with Gasteiger partial charge in [0.1, 0.15) is 6.04 Å². The van der Waals surface area contributed by atoms with Gasteiger partial charge in [0.15, 0.2) is 0 Å². The smallest absolute Gasteiger partial charge is 0.262 e. The normalized spacial score (nSPS) is 11.6. The zero-order valence-corrected chi connectivity index (χ0v) is 16.1. The number of nitrogens with one attached hydrogen (secondary N) is 2. The van der Waals surface area contributed by atoms with E-state index in [9.17, 15) is 9.59 Å². The first-order valence-corrected chi connectivity index (χ1v) is 9.78. The van der Waals surface area contributed by atoms with Gasteiger partial charge in [0.25, 0.3) is 5.91 Å². The summed E-state index contributed by atoms with van der Waals surface area (Å²) in [5, 5.41) is 8.23. The van der Waals surface area contributed by atoms with Gasteiger partial charge in [0.05, 0.1) is 4.88 Å². The molecule has 0 spiro atoms. The third-order valence-corrected chi connectivity index (χ3v) is 5.15. The molecule has 1 atom stereocenters. The number of thiophene rings is 1. The van der Waals surface area contributed by atoms with Crippen molar-refractivity contribution in [3.05, 3.63) is 93.1 Å². The highest BCUT2D eigenvalue weighted by molar-refractivity contribution is 7.12. The van der Waals surface area contributed by atoms with Crippen molar-refractivity contribution in [1.82, 2.24) is 10.6 Å². The number of rotatable bonds is 7. The van der Waals surface area contributed by atoms with Gasteiger partial charge in [0.2, 0.25) is 5.91 Å². The third-order valence-electron chi connectivity index (χ3n) is 4.03. The number of amides is 2. The van der Waals surface area contributed by atoms with Crippen LogP contribution in [-0.2, 0) is 17.8 Å². The molecule has 1 unspecified atom stereocenters. The molecule has 6 heteroatoms. The molecule has 138 valence electrons. The minimum absolute atomic E-state index is 0.223. The lowest BCUT2D eigenvalue weighted by Gasteiger charge is -2.18. The van der Waals surface area contributed by atoms with Crippen LogP contribution in [0.25, 0.3) is 0 Å². The molecule has 0 fully saturated rings. The lowest BCUT2D eigenvalue weighted by molar-refractivity contribution is -0.123. The van der Waals surface area contributed by atoms with Crippen molar-refractivity contribution in [3.8, 4) is 0 Å². The number of halogens is 1. The first-order valence-electron chi connectivity index (χ1n) is 8.52. The second-order valence-corrected chi connectivity index (χ2v) is 7.42. The lowest BCUT2D eigenvalue weighted by atomic mass is 10.0. The predicted molar refractivity (Wildman–Crippen MR) is 109 cm³/mol. The van der Waals surface area contributed by atoms with Gasteiger partial charge in [-0.15, -0.1) is 11.3 Å². The van der Waals surface area contributed by atoms with Crippen LogP contribution < -0.4 is 10.6 Å². The number of carbonyl (C=O) groups excluding carboxylic acids is 2. The van der Waals surface area contributed by atoms with Gasteiger partial charge < -0.3 is 10.6 Å². The molecule has 0 saturated heterocycles. The largest absolute Gasteiger partial charge is 0.350 e. The van der Waals surface area contributed by atoms with E-state index in [0.29, 0.717) is 22.9 Å². The topological polar surface area (TPSA) is 58.2 Å². The Balaban J connectivity index is 1.68. The van der Waals surface area contributed by atoms with Crippen LogP contribution in [0.4, 0.5) is 0 Å². The third kappa shape index (κ3) is 5.67. The van der Waals surface area contributed by atoms with Crippen LogP contribution in [-0.4, -0.2) is 17.9 Å². The lowest BCUT2D eigenvalue weighted by Crippen LogP contribution is -2.47. The maximum absolute atomic E-state index is 12.7. The number of hydrogen-bond donors (Lipinski definition) is 2. The summed E-state index contributed by atoms with van der Waals surface area (Å²) in [5.41, 5.74) is 1.92. The molecule has 4 nitrogen and oxygen atoms in total. The molecule has 0 saturated carbocycles. The standard InChI is InChI=1S/C21H19ClN2O2S/c22-17-10-8-16(9-11-17)14-23-20(25)18(13-15-5-2-1-3-6-15)24-21(26)19-7-4-12-27-19/h1-12,18H,13-14H2,(H,23,25)(H,24,26). The highest BCUT2D eigenvalue weighted by Crippen LogP contribution is 2.11. The van der Waals surface area contributed by atoms with Gasteiger partial charge in [-0.2, -0.15) is 0 Å². The van der Waals surface area contributed by atoms with Crippen molar-refractivity contribution in [2.45, 2.75) is 19.0 Å². The first kappa shape index (κ1) is 19.1. The van der Waals surface area contributed by atoms with E-state index in [4.69, 9.17) is 11.6 Å². The van der Waals surface area contributed by atoms with Crippen molar-refractivity contribution >= 4 is 34.8 Å². The number of benzene rings is 2. The molecule has 3 aromatic rings. The Morgan fingerprint density at radius 3 is 2.33 bits per heavy atom. The average molecular weight is 399 g/mol. The molecule has 2 aromatic carbocycles. The molecule has 0 radical (unpaired) electrons. The number of hydrogen-bond acceptors (Lipinski definition) is 3. The molecule has 0 aliphatic carbocycles. The molecule has 1 aromatic heterocycles. The Morgan fingerprint density at radius 2 is 1.67 bits per heavy atom. The van der Waals surface area contributed by atoms with Gasteiger partial charge in [0, 0.05) is 18.0 Å². The monoisotopic (exact) mass is 398 g/mol. The molecule has 27 heavy (non-hydrogen) atoms. The molecule has 1 heterocycles. The molecule has 3 rings (SSSR count). The average Bonchev–Trinajstić information content (AvgIpc) is 3.22. The number of carbonyl (C=O) groups is 2. The van der Waals surface area contributed by atoms with E-state index in [0.717, 1.165) is 11.1 Å². The summed E-state index contributed by atoms with van der Waals surface area (Å²) < 4.78 is 0. The van der Waals surface area contributed by atoms with Crippen LogP contribution >= 0.6 is 22.9 Å². The van der Waals surface area contributed by atoms with Gasteiger partial charge in [-0.25, -0.2) is 0 Å². The fraction of sp³-hybridized carbons (Fsp3) is 0.143. The van der Waals surface area contributed by atoms with Crippen LogP contribution in [0.2, 0.25) is 5.02 Å². The maximum atomic E-state index is 12.7. The van der Waals surface area contributed by atoms with E-state index in [1.54, 1.807) is 18.2 Å². The zero-order chi connectivity index (χ0) is 19.1. The minimum atomic E-state index is -0.658. The Hall–Kier alpha value is -2.63. The Morgan fingerprint density at radius 1 is 0.926 bits per heavy atom. The van der Waals surface area contributed by atoms with Crippen LogP contribution in [0.3, 0.4) is 0 Å². The van der Waals surface area contributed by atoms with E-state index >= 15 is 0 Å². The fourth-order valence-corrected chi connectivity index (χ4v) is 3.36. The molecule has 0 aliphatic rings. The summed E-state index contributed by atoms with van der Waals surface area (Å²) in [5.74, 6) is -0.466. The fourth-order valence-electron chi connectivity index (χ4n) is 2.61. The van der Waals surface area contributed by atoms with Gasteiger partial charge in [-0.3, -0.25) is 9.59 Å². The summed E-state index contributed by atoms with van der Waals surface area (Å²) in [6.07, 6.45) is 0.421. The molecular formula is C21H19ClN2O2S. The Bertz CT molecular complexity index is 880. The summed E-state index contributed by atoms with van der Waals surface area (Å²) in [6.45, 7) is 0.371. The maximum Gasteiger partial charge on any atom is 0.262 e. The SMILES string of the molecule is O=C(NC(Cc1ccccc1)C(=O)NCc1ccc(Cl)cc1)c1cccs1. The molecule has 0 bridgehead atoms. The summed E-state index contributed by atoms with van der Waals surface area (Å²) in [4.78, 5) is 25.8. The highest BCUT2D eigenvalue weighted by atomic mass is 35.5. The second kappa shape index (κ2) is 9.35. The van der Waals surface area contributed by atoms with E-state index < -0.39 is 6.04 Å². The van der Waals surface area contributed by atoms with Crippen molar-refractivity contribution in [3.63, 3.8) is 0 Å². The minimum Gasteiger partial charge on any atom is -0.350 e. The van der Waals surface area contributed by atoms with E-state index in [1.807, 2.05) is 53.9 Å². The van der Waals surface area contributed by atoms with Crippen LogP contribution in [0.15, 0.2) is 72.1 Å². The van der Waals surface area contributed by atoms with Crippen LogP contribution in [0.5, 0.6) is 0 Å². The van der Waals surface area contributed by atoms with E-state index in [-0.39, 0.29) is 11.8 Å². The zero-order valence-electron chi connectivity index (χ0n) is 14.5. The molecule has 2 N–H and O–H groups in total. The molecular weight excluding hydrogens is 380 g/mol. The van der Waals surface area contributed by atoms with Gasteiger partial charge >= 0.3 is 0 Å². The van der Waals surface area contributed by atoms with Crippen molar-refractivity contribution in [2.75, 3.05) is 0 Å². The molecule has 0 aliphatic heterocycles. The first-order chi connectivity index (χ1) is 13.1. The van der Waals surface area contributed by atoms with E-state index in [2.05, 4.69) is 10.6 Å². The molecule has 2 amide bonds. The quantitative estimate of drug-likeness (QED) is 0.630. The van der Waals surface area contributed by atoms with Crippen LogP contribution in [0.1, 0.15) is 20.8 Å². The van der Waals surface area contributed by atoms with Crippen LogP contribution in [0, 0.1) is 0 Å². The highest BCUT2D eigenvalue weighted by Gasteiger charge is 2.22.